The molecule has 0 radical (unpaired) electrons. The second kappa shape index (κ2) is 4.70. The first-order valence-electron chi connectivity index (χ1n) is 6.35. The largest absolute Gasteiger partial charge is 0.497 e. The maximum absolute atomic E-state index is 14.0. The molecule has 0 saturated heterocycles. The van der Waals surface area contributed by atoms with Crippen LogP contribution in [-0.4, -0.2) is 28.8 Å². The molecule has 0 aliphatic rings. The first kappa shape index (κ1) is 13.1. The molecular weight excluding hydrogens is 309 g/mol. The molecule has 0 spiro atoms. The molecule has 22 heavy (non-hydrogen) atoms. The van der Waals surface area contributed by atoms with Gasteiger partial charge in [0.1, 0.15) is 22.8 Å². The monoisotopic (exact) mass is 319 g/mol. The summed E-state index contributed by atoms with van der Waals surface area (Å²) in [6.07, 6.45) is 1.71. The Morgan fingerprint density at radius 1 is 1.23 bits per heavy atom. The van der Waals surface area contributed by atoms with Gasteiger partial charge in [-0.1, -0.05) is 0 Å². The SMILES string of the molecule is COc1cc(F)c2cc(-c3cn4nc(OC)sc4n3)oc2c1. The zero-order chi connectivity index (χ0) is 15.3. The van der Waals surface area contributed by atoms with E-state index < -0.39 is 5.82 Å². The van der Waals surface area contributed by atoms with Gasteiger partial charge in [-0.25, -0.2) is 13.9 Å². The van der Waals surface area contributed by atoms with Crippen LogP contribution in [0.3, 0.4) is 0 Å². The number of nitrogens with zero attached hydrogens (tertiary/aromatic N) is 3. The molecule has 6 nitrogen and oxygen atoms in total. The fourth-order valence-electron chi connectivity index (χ4n) is 2.20. The van der Waals surface area contributed by atoms with Crippen LogP contribution in [0.2, 0.25) is 0 Å². The molecule has 0 amide bonds. The number of rotatable bonds is 3. The van der Waals surface area contributed by atoms with Crippen LogP contribution in [0.4, 0.5) is 4.39 Å². The number of imidazole rings is 1. The Labute approximate surface area is 127 Å². The number of halogens is 1. The van der Waals surface area contributed by atoms with Gasteiger partial charge >= 0.3 is 0 Å². The summed E-state index contributed by atoms with van der Waals surface area (Å²) in [5, 5.41) is 5.10. The van der Waals surface area contributed by atoms with Crippen molar-refractivity contribution in [2.75, 3.05) is 14.2 Å². The minimum Gasteiger partial charge on any atom is -0.497 e. The van der Waals surface area contributed by atoms with Gasteiger partial charge in [-0.15, -0.1) is 5.10 Å². The van der Waals surface area contributed by atoms with Crippen molar-refractivity contribution < 1.29 is 18.3 Å². The van der Waals surface area contributed by atoms with Crippen molar-refractivity contribution in [2.45, 2.75) is 0 Å². The van der Waals surface area contributed by atoms with E-state index in [1.807, 2.05) is 0 Å². The van der Waals surface area contributed by atoms with Crippen LogP contribution in [0.15, 0.2) is 28.8 Å². The molecule has 8 heteroatoms. The summed E-state index contributed by atoms with van der Waals surface area (Å²) in [6.45, 7) is 0. The second-order valence-electron chi connectivity index (χ2n) is 4.56. The van der Waals surface area contributed by atoms with E-state index in [2.05, 4.69) is 10.1 Å². The molecule has 0 aliphatic carbocycles. The van der Waals surface area contributed by atoms with Gasteiger partial charge in [0.25, 0.3) is 5.19 Å². The first-order chi connectivity index (χ1) is 10.7. The van der Waals surface area contributed by atoms with E-state index in [1.54, 1.807) is 30.0 Å². The predicted molar refractivity (Wildman–Crippen MR) is 79.1 cm³/mol. The number of furan rings is 1. The summed E-state index contributed by atoms with van der Waals surface area (Å²) in [4.78, 5) is 5.08. The van der Waals surface area contributed by atoms with Gasteiger partial charge in [0.2, 0.25) is 4.96 Å². The third-order valence-corrected chi connectivity index (χ3v) is 4.13. The summed E-state index contributed by atoms with van der Waals surface area (Å²) in [7, 11) is 3.03. The molecule has 4 rings (SSSR count). The predicted octanol–water partition coefficient (Wildman–Crippen LogP) is 3.36. The fourth-order valence-corrected chi connectivity index (χ4v) is 2.90. The van der Waals surface area contributed by atoms with Gasteiger partial charge in [0.05, 0.1) is 25.8 Å². The van der Waals surface area contributed by atoms with Crippen molar-refractivity contribution in [1.82, 2.24) is 14.6 Å². The number of methoxy groups -OCH3 is 2. The third-order valence-electron chi connectivity index (χ3n) is 3.25. The minimum atomic E-state index is -0.398. The van der Waals surface area contributed by atoms with E-state index >= 15 is 0 Å². The Balaban J connectivity index is 1.84. The summed E-state index contributed by atoms with van der Waals surface area (Å²) in [6, 6.07) is 4.58. The number of benzene rings is 1. The highest BCUT2D eigenvalue weighted by atomic mass is 32.1. The van der Waals surface area contributed by atoms with Crippen LogP contribution in [0.25, 0.3) is 27.4 Å². The van der Waals surface area contributed by atoms with Crippen molar-refractivity contribution >= 4 is 27.3 Å². The fraction of sp³-hybridized carbons (Fsp3) is 0.143. The molecule has 112 valence electrons. The molecule has 4 aromatic rings. The van der Waals surface area contributed by atoms with E-state index in [0.29, 0.717) is 38.3 Å². The zero-order valence-electron chi connectivity index (χ0n) is 11.7. The molecule has 0 fully saturated rings. The lowest BCUT2D eigenvalue weighted by molar-refractivity contribution is 0.405. The smallest absolute Gasteiger partial charge is 0.294 e. The number of ether oxygens (including phenoxy) is 2. The lowest BCUT2D eigenvalue weighted by atomic mass is 10.2. The van der Waals surface area contributed by atoms with Gasteiger partial charge in [0, 0.05) is 12.1 Å². The average Bonchev–Trinajstić information content (AvgIpc) is 3.18. The van der Waals surface area contributed by atoms with Gasteiger partial charge < -0.3 is 13.9 Å². The average molecular weight is 319 g/mol. The topological polar surface area (TPSA) is 61.8 Å². The van der Waals surface area contributed by atoms with E-state index in [4.69, 9.17) is 13.9 Å². The Morgan fingerprint density at radius 2 is 2.09 bits per heavy atom. The van der Waals surface area contributed by atoms with E-state index in [1.165, 1.54) is 24.5 Å². The Hall–Kier alpha value is -2.61. The van der Waals surface area contributed by atoms with Gasteiger partial charge in [0.15, 0.2) is 5.76 Å². The summed E-state index contributed by atoms with van der Waals surface area (Å²) >= 11 is 1.31. The molecule has 1 aromatic carbocycles. The highest BCUT2D eigenvalue weighted by molar-refractivity contribution is 7.18. The normalized spacial score (nSPS) is 11.4. The van der Waals surface area contributed by atoms with Crippen LogP contribution in [0.1, 0.15) is 0 Å². The molecule has 3 heterocycles. The molecule has 0 bridgehead atoms. The van der Waals surface area contributed by atoms with Gasteiger partial charge in [-0.2, -0.15) is 0 Å². The quantitative estimate of drug-likeness (QED) is 0.579. The molecule has 0 N–H and O–H groups in total. The third kappa shape index (κ3) is 1.92. The van der Waals surface area contributed by atoms with Crippen molar-refractivity contribution in [3.63, 3.8) is 0 Å². The molecule has 0 saturated carbocycles. The molecule has 0 atom stereocenters. The lowest BCUT2D eigenvalue weighted by Gasteiger charge is -1.98. The summed E-state index contributed by atoms with van der Waals surface area (Å²) in [5.41, 5.74) is 0.990. The van der Waals surface area contributed by atoms with Crippen molar-refractivity contribution in [3.8, 4) is 22.4 Å². The van der Waals surface area contributed by atoms with Crippen LogP contribution >= 0.6 is 11.3 Å². The maximum atomic E-state index is 14.0. The second-order valence-corrected chi connectivity index (χ2v) is 5.48. The molecular formula is C14H10FN3O3S. The number of aromatic nitrogens is 3. The van der Waals surface area contributed by atoms with Crippen molar-refractivity contribution in [2.24, 2.45) is 0 Å². The highest BCUT2D eigenvalue weighted by Crippen LogP contribution is 2.33. The van der Waals surface area contributed by atoms with Gasteiger partial charge in [-0.3, -0.25) is 0 Å². The lowest BCUT2D eigenvalue weighted by Crippen LogP contribution is -1.84. The maximum Gasteiger partial charge on any atom is 0.294 e. The molecule has 0 aliphatic heterocycles. The standard InChI is InChI=1S/C14H10FN3O3S/c1-19-7-3-9(15)8-5-12(21-11(8)4-7)10-6-18-13(16-10)22-14(17-18)20-2/h3-6H,1-2H3. The number of hydrogen-bond donors (Lipinski definition) is 0. The summed E-state index contributed by atoms with van der Waals surface area (Å²) in [5.74, 6) is 0.479. The zero-order valence-corrected chi connectivity index (χ0v) is 12.5. The minimum absolute atomic E-state index is 0.387. The van der Waals surface area contributed by atoms with E-state index in [-0.39, 0.29) is 0 Å². The van der Waals surface area contributed by atoms with E-state index in [9.17, 15) is 4.39 Å². The highest BCUT2D eigenvalue weighted by Gasteiger charge is 2.16. The number of fused-ring (bicyclic) bond motifs is 2. The van der Waals surface area contributed by atoms with Crippen molar-refractivity contribution in [1.29, 1.82) is 0 Å². The Kier molecular flexibility index (Phi) is 2.80. The first-order valence-corrected chi connectivity index (χ1v) is 7.17. The Bertz CT molecular complexity index is 957. The Morgan fingerprint density at radius 3 is 2.82 bits per heavy atom. The van der Waals surface area contributed by atoms with Crippen molar-refractivity contribution in [3.05, 3.63) is 30.2 Å². The van der Waals surface area contributed by atoms with Crippen LogP contribution in [0.5, 0.6) is 10.9 Å². The molecule has 0 unspecified atom stereocenters. The van der Waals surface area contributed by atoms with E-state index in [0.717, 1.165) is 0 Å². The van der Waals surface area contributed by atoms with Crippen LogP contribution in [0, 0.1) is 5.82 Å². The molecule has 3 aromatic heterocycles. The van der Waals surface area contributed by atoms with Crippen LogP contribution in [-0.2, 0) is 0 Å². The van der Waals surface area contributed by atoms with Crippen LogP contribution < -0.4 is 9.47 Å². The van der Waals surface area contributed by atoms with Gasteiger partial charge in [-0.05, 0) is 17.4 Å². The number of hydrogen-bond acceptors (Lipinski definition) is 6. The summed E-state index contributed by atoms with van der Waals surface area (Å²) < 4.78 is 31.4.